The van der Waals surface area contributed by atoms with Crippen LogP contribution in [-0.2, 0) is 20.8 Å². The Morgan fingerprint density at radius 3 is 2.68 bits per heavy atom. The van der Waals surface area contributed by atoms with E-state index in [-0.39, 0.29) is 24.8 Å². The SMILES string of the molecule is Cc1cccc(C[C@@H](CNC(=O)[C@H]2CC(=O)N(C)c3ccccc32)C(=O)O)c1. The van der Waals surface area contributed by atoms with Crippen LogP contribution in [0.25, 0.3) is 0 Å². The number of rotatable bonds is 6. The molecule has 146 valence electrons. The van der Waals surface area contributed by atoms with Crippen molar-refractivity contribution in [3.05, 3.63) is 65.2 Å². The van der Waals surface area contributed by atoms with E-state index in [9.17, 15) is 19.5 Å². The van der Waals surface area contributed by atoms with Crippen LogP contribution >= 0.6 is 0 Å². The van der Waals surface area contributed by atoms with Gasteiger partial charge in [0.1, 0.15) is 0 Å². The topological polar surface area (TPSA) is 86.7 Å². The molecule has 0 unspecified atom stereocenters. The fraction of sp³-hybridized carbons (Fsp3) is 0.318. The Morgan fingerprint density at radius 2 is 1.96 bits per heavy atom. The van der Waals surface area contributed by atoms with Crippen LogP contribution in [0.1, 0.15) is 29.0 Å². The van der Waals surface area contributed by atoms with Crippen molar-refractivity contribution in [1.82, 2.24) is 5.32 Å². The van der Waals surface area contributed by atoms with Gasteiger partial charge in [0, 0.05) is 25.7 Å². The van der Waals surface area contributed by atoms with Gasteiger partial charge in [0.15, 0.2) is 0 Å². The Labute approximate surface area is 164 Å². The number of hydrogen-bond acceptors (Lipinski definition) is 3. The molecular weight excluding hydrogens is 356 g/mol. The molecule has 2 N–H and O–H groups in total. The van der Waals surface area contributed by atoms with E-state index in [0.717, 1.165) is 16.7 Å². The molecule has 0 bridgehead atoms. The van der Waals surface area contributed by atoms with Gasteiger partial charge in [-0.15, -0.1) is 0 Å². The first-order valence-corrected chi connectivity index (χ1v) is 9.28. The van der Waals surface area contributed by atoms with Crippen molar-refractivity contribution in [1.29, 1.82) is 0 Å². The van der Waals surface area contributed by atoms with Crippen LogP contribution in [0.15, 0.2) is 48.5 Å². The zero-order valence-corrected chi connectivity index (χ0v) is 16.0. The summed E-state index contributed by atoms with van der Waals surface area (Å²) in [5.41, 5.74) is 3.48. The van der Waals surface area contributed by atoms with E-state index in [1.807, 2.05) is 55.5 Å². The van der Waals surface area contributed by atoms with Gasteiger partial charge in [-0.3, -0.25) is 14.4 Å². The molecule has 0 spiro atoms. The zero-order chi connectivity index (χ0) is 20.3. The predicted molar refractivity (Wildman–Crippen MR) is 106 cm³/mol. The molecule has 0 aromatic heterocycles. The fourth-order valence-corrected chi connectivity index (χ4v) is 3.59. The molecule has 28 heavy (non-hydrogen) atoms. The molecule has 6 nitrogen and oxygen atoms in total. The van der Waals surface area contributed by atoms with E-state index in [0.29, 0.717) is 12.1 Å². The van der Waals surface area contributed by atoms with E-state index in [1.54, 1.807) is 11.9 Å². The van der Waals surface area contributed by atoms with Gasteiger partial charge in [0.25, 0.3) is 0 Å². The monoisotopic (exact) mass is 380 g/mol. The third-order valence-electron chi connectivity index (χ3n) is 5.18. The lowest BCUT2D eigenvalue weighted by Crippen LogP contribution is -2.41. The number of carbonyl (C=O) groups excluding carboxylic acids is 2. The van der Waals surface area contributed by atoms with E-state index >= 15 is 0 Å². The highest BCUT2D eigenvalue weighted by Crippen LogP contribution is 2.35. The van der Waals surface area contributed by atoms with Gasteiger partial charge in [-0.2, -0.15) is 0 Å². The average Bonchev–Trinajstić information content (AvgIpc) is 2.67. The van der Waals surface area contributed by atoms with Crippen LogP contribution in [0.5, 0.6) is 0 Å². The molecule has 2 amide bonds. The quantitative estimate of drug-likeness (QED) is 0.806. The second-order valence-electron chi connectivity index (χ2n) is 7.24. The first-order chi connectivity index (χ1) is 13.4. The average molecular weight is 380 g/mol. The van der Waals surface area contributed by atoms with Gasteiger partial charge in [-0.25, -0.2) is 0 Å². The summed E-state index contributed by atoms with van der Waals surface area (Å²) < 4.78 is 0. The summed E-state index contributed by atoms with van der Waals surface area (Å²) in [6.45, 7) is 1.97. The van der Waals surface area contributed by atoms with Crippen molar-refractivity contribution in [3.63, 3.8) is 0 Å². The summed E-state index contributed by atoms with van der Waals surface area (Å²) in [6.07, 6.45) is 0.412. The van der Waals surface area contributed by atoms with Crippen LogP contribution in [0.2, 0.25) is 0 Å². The van der Waals surface area contributed by atoms with Crippen molar-refractivity contribution >= 4 is 23.5 Å². The summed E-state index contributed by atoms with van der Waals surface area (Å²) in [5.74, 6) is -2.74. The number of benzene rings is 2. The lowest BCUT2D eigenvalue weighted by Gasteiger charge is -2.31. The molecule has 1 heterocycles. The molecule has 0 radical (unpaired) electrons. The standard InChI is InChI=1S/C22H24N2O4/c1-14-6-5-7-15(10-14)11-16(22(27)28)13-23-21(26)18-12-20(25)24(2)19-9-4-3-8-17(18)19/h3-10,16,18H,11-13H2,1-2H3,(H,23,26)(H,27,28)/t16-,18-/m0/s1. The van der Waals surface area contributed by atoms with Crippen molar-refractivity contribution in [2.75, 3.05) is 18.5 Å². The molecule has 0 saturated heterocycles. The van der Waals surface area contributed by atoms with Gasteiger partial charge in [-0.1, -0.05) is 48.0 Å². The summed E-state index contributed by atoms with van der Waals surface area (Å²) in [6, 6.07) is 15.0. The van der Waals surface area contributed by atoms with Gasteiger partial charge in [-0.05, 0) is 30.5 Å². The molecule has 2 aromatic carbocycles. The lowest BCUT2D eigenvalue weighted by molar-refractivity contribution is -0.141. The van der Waals surface area contributed by atoms with Crippen molar-refractivity contribution < 1.29 is 19.5 Å². The van der Waals surface area contributed by atoms with E-state index < -0.39 is 17.8 Å². The fourth-order valence-electron chi connectivity index (χ4n) is 3.59. The minimum absolute atomic E-state index is 0.0187. The number of carboxylic acids is 1. The summed E-state index contributed by atoms with van der Waals surface area (Å²) in [5, 5.41) is 12.3. The third kappa shape index (κ3) is 4.22. The second-order valence-corrected chi connectivity index (χ2v) is 7.24. The number of carbonyl (C=O) groups is 3. The Morgan fingerprint density at radius 1 is 1.21 bits per heavy atom. The largest absolute Gasteiger partial charge is 0.481 e. The second kappa shape index (κ2) is 8.25. The van der Waals surface area contributed by atoms with Crippen LogP contribution in [0.4, 0.5) is 5.69 Å². The molecule has 1 aliphatic rings. The van der Waals surface area contributed by atoms with Gasteiger partial charge >= 0.3 is 5.97 Å². The Hall–Kier alpha value is -3.15. The number of aliphatic carboxylic acids is 1. The highest BCUT2D eigenvalue weighted by molar-refractivity contribution is 6.02. The molecule has 2 atom stereocenters. The number of nitrogens with zero attached hydrogens (tertiary/aromatic N) is 1. The molecule has 6 heteroatoms. The normalized spacial score (nSPS) is 17.0. The molecule has 0 saturated carbocycles. The van der Waals surface area contributed by atoms with Crippen molar-refractivity contribution in [2.24, 2.45) is 5.92 Å². The van der Waals surface area contributed by atoms with Gasteiger partial charge in [0.05, 0.1) is 11.8 Å². The Kier molecular flexibility index (Phi) is 5.78. The first-order valence-electron chi connectivity index (χ1n) is 9.28. The minimum atomic E-state index is -0.957. The van der Waals surface area contributed by atoms with Crippen molar-refractivity contribution in [2.45, 2.75) is 25.7 Å². The number of nitrogens with one attached hydrogen (secondary N) is 1. The van der Waals surface area contributed by atoms with E-state index in [2.05, 4.69) is 5.32 Å². The van der Waals surface area contributed by atoms with E-state index in [1.165, 1.54) is 0 Å². The number of carboxylic acid groups (broad SMARTS) is 1. The zero-order valence-electron chi connectivity index (χ0n) is 16.0. The smallest absolute Gasteiger partial charge is 0.308 e. The van der Waals surface area contributed by atoms with Crippen molar-refractivity contribution in [3.8, 4) is 0 Å². The van der Waals surface area contributed by atoms with E-state index in [4.69, 9.17) is 0 Å². The van der Waals surface area contributed by atoms with Crippen LogP contribution in [-0.4, -0.2) is 36.5 Å². The maximum absolute atomic E-state index is 12.8. The Bertz CT molecular complexity index is 909. The minimum Gasteiger partial charge on any atom is -0.481 e. The number of para-hydroxylation sites is 1. The number of anilines is 1. The number of amides is 2. The van der Waals surface area contributed by atoms with Gasteiger partial charge < -0.3 is 15.3 Å². The van der Waals surface area contributed by atoms with Crippen LogP contribution < -0.4 is 10.2 Å². The maximum atomic E-state index is 12.8. The molecule has 0 aliphatic carbocycles. The highest BCUT2D eigenvalue weighted by Gasteiger charge is 2.34. The third-order valence-corrected chi connectivity index (χ3v) is 5.18. The molecule has 3 rings (SSSR count). The number of fused-ring (bicyclic) bond motifs is 1. The Balaban J connectivity index is 1.70. The number of hydrogen-bond donors (Lipinski definition) is 2. The molecular formula is C22H24N2O4. The predicted octanol–water partition coefficient (Wildman–Crippen LogP) is 2.50. The first kappa shape index (κ1) is 19.6. The highest BCUT2D eigenvalue weighted by atomic mass is 16.4. The van der Waals surface area contributed by atoms with Gasteiger partial charge in [0.2, 0.25) is 11.8 Å². The number of aryl methyl sites for hydroxylation is 1. The summed E-state index contributed by atoms with van der Waals surface area (Å²) in [4.78, 5) is 38.2. The molecule has 2 aromatic rings. The maximum Gasteiger partial charge on any atom is 0.308 e. The molecule has 1 aliphatic heterocycles. The van der Waals surface area contributed by atoms with Crippen LogP contribution in [0, 0.1) is 12.8 Å². The summed E-state index contributed by atoms with van der Waals surface area (Å²) in [7, 11) is 1.69. The summed E-state index contributed by atoms with van der Waals surface area (Å²) >= 11 is 0. The molecule has 0 fully saturated rings. The van der Waals surface area contributed by atoms with Crippen LogP contribution in [0.3, 0.4) is 0 Å². The lowest BCUT2D eigenvalue weighted by atomic mass is 9.88.